The number of ether oxygens (including phenoxy) is 1. The molecule has 0 aliphatic rings. The fraction of sp³-hybridized carbons (Fsp3) is 0.308. The molecule has 0 fully saturated rings. The van der Waals surface area contributed by atoms with Crippen LogP contribution in [-0.4, -0.2) is 13.1 Å². The zero-order chi connectivity index (χ0) is 11.1. The molecule has 80 valence electrons. The third kappa shape index (κ3) is 3.58. The van der Waals surface area contributed by atoms with Gasteiger partial charge in [0.2, 0.25) is 0 Å². The van der Waals surface area contributed by atoms with Gasteiger partial charge in [0, 0.05) is 0 Å². The predicted molar refractivity (Wildman–Crippen MR) is 60.5 cm³/mol. The van der Waals surface area contributed by atoms with Gasteiger partial charge < -0.3 is 4.74 Å². The monoisotopic (exact) mass is 204 g/mol. The summed E-state index contributed by atoms with van der Waals surface area (Å²) in [7, 11) is 1.42. The molecule has 1 aromatic carbocycles. The summed E-state index contributed by atoms with van der Waals surface area (Å²) in [6, 6.07) is 9.93. The van der Waals surface area contributed by atoms with Gasteiger partial charge in [-0.3, -0.25) is 4.79 Å². The number of hydrogen-bond acceptors (Lipinski definition) is 2. The molecule has 1 aromatic rings. The minimum atomic E-state index is -0.168. The molecule has 0 radical (unpaired) electrons. The number of esters is 1. The lowest BCUT2D eigenvalue weighted by Crippen LogP contribution is -2.18. The maximum Gasteiger partial charge on any atom is 0.309 e. The van der Waals surface area contributed by atoms with Gasteiger partial charge in [-0.1, -0.05) is 36.4 Å². The number of carbonyl (C=O) groups excluding carboxylic acids is 1. The molecular weight excluding hydrogens is 188 g/mol. The average molecular weight is 204 g/mol. The summed E-state index contributed by atoms with van der Waals surface area (Å²) in [6.45, 7) is 3.65. The van der Waals surface area contributed by atoms with E-state index in [1.165, 1.54) is 7.11 Å². The number of benzene rings is 1. The molecule has 0 bridgehead atoms. The van der Waals surface area contributed by atoms with Crippen molar-refractivity contribution in [1.29, 1.82) is 0 Å². The number of hydrogen-bond donors (Lipinski definition) is 0. The first-order valence-corrected chi connectivity index (χ1v) is 5.00. The van der Waals surface area contributed by atoms with Crippen molar-refractivity contribution in [2.45, 2.75) is 12.8 Å². The highest BCUT2D eigenvalue weighted by atomic mass is 16.5. The third-order valence-electron chi connectivity index (χ3n) is 2.31. The second-order valence-corrected chi connectivity index (χ2v) is 3.43. The lowest BCUT2D eigenvalue weighted by molar-refractivity contribution is -0.145. The van der Waals surface area contributed by atoms with Gasteiger partial charge in [-0.05, 0) is 18.4 Å². The molecule has 2 nitrogen and oxygen atoms in total. The molecule has 0 saturated heterocycles. The van der Waals surface area contributed by atoms with Crippen LogP contribution >= 0.6 is 0 Å². The molecule has 1 unspecified atom stereocenters. The number of allylic oxidation sites excluding steroid dienone is 1. The van der Waals surface area contributed by atoms with Gasteiger partial charge in [-0.15, -0.1) is 6.58 Å². The Kier molecular flexibility index (Phi) is 4.61. The van der Waals surface area contributed by atoms with E-state index in [-0.39, 0.29) is 11.9 Å². The summed E-state index contributed by atoms with van der Waals surface area (Å²) in [5.41, 5.74) is 1.15. The van der Waals surface area contributed by atoms with Crippen molar-refractivity contribution >= 4 is 5.97 Å². The van der Waals surface area contributed by atoms with Crippen LogP contribution in [0.25, 0.3) is 0 Å². The number of rotatable bonds is 5. The lowest BCUT2D eigenvalue weighted by atomic mass is 9.96. The molecule has 1 atom stereocenters. The summed E-state index contributed by atoms with van der Waals surface area (Å²) < 4.78 is 4.75. The van der Waals surface area contributed by atoms with E-state index < -0.39 is 0 Å². The van der Waals surface area contributed by atoms with Crippen LogP contribution in [0.15, 0.2) is 43.0 Å². The van der Waals surface area contributed by atoms with Gasteiger partial charge in [0.05, 0.1) is 13.0 Å². The van der Waals surface area contributed by atoms with Gasteiger partial charge in [-0.2, -0.15) is 0 Å². The second kappa shape index (κ2) is 6.02. The highest BCUT2D eigenvalue weighted by molar-refractivity contribution is 5.72. The van der Waals surface area contributed by atoms with Crippen LogP contribution in [-0.2, 0) is 16.0 Å². The highest BCUT2D eigenvalue weighted by Gasteiger charge is 2.17. The average Bonchev–Trinajstić information content (AvgIpc) is 2.29. The fourth-order valence-electron chi connectivity index (χ4n) is 1.53. The highest BCUT2D eigenvalue weighted by Crippen LogP contribution is 2.14. The van der Waals surface area contributed by atoms with Crippen LogP contribution in [0.5, 0.6) is 0 Å². The molecule has 0 spiro atoms. The van der Waals surface area contributed by atoms with E-state index in [2.05, 4.69) is 6.58 Å². The Bertz CT molecular complexity index is 317. The van der Waals surface area contributed by atoms with Crippen LogP contribution in [0.1, 0.15) is 12.0 Å². The SMILES string of the molecule is C=CCC(Cc1ccccc1)C(=O)OC. The number of carbonyl (C=O) groups is 1. The Labute approximate surface area is 90.6 Å². The normalized spacial score (nSPS) is 11.8. The standard InChI is InChI=1S/C13H16O2/c1-3-7-12(13(14)15-2)10-11-8-5-4-6-9-11/h3-6,8-9,12H,1,7,10H2,2H3. The summed E-state index contributed by atoms with van der Waals surface area (Å²) in [5.74, 6) is -0.284. The smallest absolute Gasteiger partial charge is 0.309 e. The van der Waals surface area contributed by atoms with E-state index in [0.717, 1.165) is 5.56 Å². The van der Waals surface area contributed by atoms with E-state index >= 15 is 0 Å². The molecule has 0 N–H and O–H groups in total. The molecule has 0 aromatic heterocycles. The zero-order valence-electron chi connectivity index (χ0n) is 8.98. The predicted octanol–water partition coefficient (Wildman–Crippen LogP) is 2.59. The van der Waals surface area contributed by atoms with Crippen LogP contribution in [0.3, 0.4) is 0 Å². The van der Waals surface area contributed by atoms with Crippen LogP contribution in [0.4, 0.5) is 0 Å². The van der Waals surface area contributed by atoms with Crippen LogP contribution in [0.2, 0.25) is 0 Å². The maximum atomic E-state index is 11.4. The third-order valence-corrected chi connectivity index (χ3v) is 2.31. The van der Waals surface area contributed by atoms with Gasteiger partial charge in [0.25, 0.3) is 0 Å². The van der Waals surface area contributed by atoms with Gasteiger partial charge in [-0.25, -0.2) is 0 Å². The Morgan fingerprint density at radius 1 is 1.47 bits per heavy atom. The molecule has 0 aliphatic carbocycles. The lowest BCUT2D eigenvalue weighted by Gasteiger charge is -2.12. The molecule has 0 aliphatic heterocycles. The largest absolute Gasteiger partial charge is 0.469 e. The van der Waals surface area contributed by atoms with E-state index in [1.54, 1.807) is 6.08 Å². The van der Waals surface area contributed by atoms with Crippen molar-refractivity contribution < 1.29 is 9.53 Å². The molecule has 15 heavy (non-hydrogen) atoms. The van der Waals surface area contributed by atoms with E-state index in [4.69, 9.17) is 4.74 Å². The first-order chi connectivity index (χ1) is 7.27. The molecule has 0 saturated carbocycles. The quantitative estimate of drug-likeness (QED) is 0.544. The van der Waals surface area contributed by atoms with Crippen molar-refractivity contribution in [3.8, 4) is 0 Å². The molecule has 0 heterocycles. The van der Waals surface area contributed by atoms with E-state index in [0.29, 0.717) is 12.8 Å². The molecular formula is C13H16O2. The maximum absolute atomic E-state index is 11.4. The number of methoxy groups -OCH3 is 1. The van der Waals surface area contributed by atoms with Crippen LogP contribution in [0, 0.1) is 5.92 Å². The first kappa shape index (κ1) is 11.5. The van der Waals surface area contributed by atoms with Crippen molar-refractivity contribution in [1.82, 2.24) is 0 Å². The minimum Gasteiger partial charge on any atom is -0.469 e. The molecule has 0 amide bonds. The molecule has 1 rings (SSSR count). The van der Waals surface area contributed by atoms with Gasteiger partial charge >= 0.3 is 5.97 Å². The topological polar surface area (TPSA) is 26.3 Å². The summed E-state index contributed by atoms with van der Waals surface area (Å²) in [4.78, 5) is 11.4. The zero-order valence-corrected chi connectivity index (χ0v) is 8.98. The van der Waals surface area contributed by atoms with Crippen molar-refractivity contribution in [2.75, 3.05) is 7.11 Å². The Balaban J connectivity index is 2.66. The van der Waals surface area contributed by atoms with Crippen molar-refractivity contribution in [3.05, 3.63) is 48.6 Å². The summed E-state index contributed by atoms with van der Waals surface area (Å²) in [6.07, 6.45) is 3.12. The Morgan fingerprint density at radius 2 is 2.13 bits per heavy atom. The first-order valence-electron chi connectivity index (χ1n) is 5.00. The van der Waals surface area contributed by atoms with Crippen molar-refractivity contribution in [2.24, 2.45) is 5.92 Å². The second-order valence-electron chi connectivity index (χ2n) is 3.43. The van der Waals surface area contributed by atoms with Crippen LogP contribution < -0.4 is 0 Å². The van der Waals surface area contributed by atoms with E-state index in [9.17, 15) is 4.79 Å². The summed E-state index contributed by atoms with van der Waals surface area (Å²) in [5, 5.41) is 0. The van der Waals surface area contributed by atoms with E-state index in [1.807, 2.05) is 30.3 Å². The van der Waals surface area contributed by atoms with Gasteiger partial charge in [0.15, 0.2) is 0 Å². The minimum absolute atomic E-state index is 0.116. The summed E-state index contributed by atoms with van der Waals surface area (Å²) >= 11 is 0. The fourth-order valence-corrected chi connectivity index (χ4v) is 1.53. The van der Waals surface area contributed by atoms with Crippen molar-refractivity contribution in [3.63, 3.8) is 0 Å². The Morgan fingerprint density at radius 3 is 2.67 bits per heavy atom. The molecule has 2 heteroatoms. The van der Waals surface area contributed by atoms with Gasteiger partial charge in [0.1, 0.15) is 0 Å². The Hall–Kier alpha value is -1.57.